The van der Waals surface area contributed by atoms with E-state index >= 15 is 0 Å². The number of carbonyl (C=O) groups excluding carboxylic acids is 2. The molecule has 4 N–H and O–H groups in total. The second-order valence-corrected chi connectivity index (χ2v) is 7.25. The van der Waals surface area contributed by atoms with Crippen LogP contribution < -0.4 is 0 Å². The number of carboxylic acids is 1. The van der Waals surface area contributed by atoms with Gasteiger partial charge in [0, 0.05) is 12.2 Å². The molecule has 9 nitrogen and oxygen atoms in total. The minimum Gasteiger partial charge on any atom is -0.508 e. The number of hydrogen-bond acceptors (Lipinski definition) is 8. The van der Waals surface area contributed by atoms with Crippen molar-refractivity contribution in [1.29, 1.82) is 0 Å². The minimum absolute atomic E-state index is 0.0998. The van der Waals surface area contributed by atoms with E-state index in [1.165, 1.54) is 37.3 Å². The van der Waals surface area contributed by atoms with Gasteiger partial charge in [0.25, 0.3) is 0 Å². The molecule has 2 atom stereocenters. The lowest BCUT2D eigenvalue weighted by Gasteiger charge is -2.19. The normalized spacial score (nSPS) is 13.4. The van der Waals surface area contributed by atoms with E-state index in [0.29, 0.717) is 22.3 Å². The van der Waals surface area contributed by atoms with Crippen LogP contribution in [-0.2, 0) is 23.9 Å². The van der Waals surface area contributed by atoms with Crippen LogP contribution in [-0.4, -0.2) is 50.5 Å². The quantitative estimate of drug-likeness (QED) is 0.267. The van der Waals surface area contributed by atoms with Gasteiger partial charge in [-0.1, -0.05) is 12.1 Å². The summed E-state index contributed by atoms with van der Waals surface area (Å²) < 4.78 is 10.0. The van der Waals surface area contributed by atoms with Gasteiger partial charge in [-0.3, -0.25) is 0 Å². The zero-order chi connectivity index (χ0) is 24.7. The highest BCUT2D eigenvalue weighted by molar-refractivity contribution is 5.92. The molecule has 9 heteroatoms. The zero-order valence-corrected chi connectivity index (χ0v) is 18.2. The van der Waals surface area contributed by atoms with Crippen LogP contribution in [0.5, 0.6) is 17.2 Å². The first-order valence-electron chi connectivity index (χ1n) is 9.80. The fraction of sp³-hybridized carbons (Fsp3) is 0.208. The second kappa shape index (κ2) is 10.9. The molecule has 0 aliphatic heterocycles. The van der Waals surface area contributed by atoms with E-state index in [9.17, 15) is 34.8 Å². The van der Waals surface area contributed by atoms with E-state index in [1.807, 2.05) is 0 Å². The van der Waals surface area contributed by atoms with Gasteiger partial charge >= 0.3 is 17.9 Å². The molecular weight excluding hydrogens is 432 g/mol. The maximum atomic E-state index is 12.2. The van der Waals surface area contributed by atoms with Gasteiger partial charge in [0.15, 0.2) is 11.5 Å². The Balaban J connectivity index is 2.03. The van der Waals surface area contributed by atoms with Crippen molar-refractivity contribution in [2.45, 2.75) is 33.0 Å². The van der Waals surface area contributed by atoms with Gasteiger partial charge in [-0.15, -0.1) is 0 Å². The van der Waals surface area contributed by atoms with Gasteiger partial charge in [-0.05, 0) is 73.4 Å². The van der Waals surface area contributed by atoms with E-state index in [-0.39, 0.29) is 17.2 Å². The topological polar surface area (TPSA) is 151 Å². The Labute approximate surface area is 189 Å². The number of ether oxygens (including phenoxy) is 2. The summed E-state index contributed by atoms with van der Waals surface area (Å²) in [5, 5.41) is 37.8. The molecule has 0 spiro atoms. The minimum atomic E-state index is -1.75. The molecule has 2 aromatic rings. The number of aryl methyl sites for hydroxylation is 1. The summed E-state index contributed by atoms with van der Waals surface area (Å²) in [6.45, 7) is 4.51. The van der Waals surface area contributed by atoms with Crippen LogP contribution in [0.2, 0.25) is 0 Å². The van der Waals surface area contributed by atoms with Crippen LogP contribution in [0.15, 0.2) is 48.6 Å². The highest BCUT2D eigenvalue weighted by atomic mass is 16.6. The lowest BCUT2D eigenvalue weighted by Crippen LogP contribution is -2.38. The molecule has 0 saturated heterocycles. The molecule has 0 aliphatic rings. The molecule has 33 heavy (non-hydrogen) atoms. The monoisotopic (exact) mass is 456 g/mol. The highest BCUT2D eigenvalue weighted by Gasteiger charge is 2.31. The lowest BCUT2D eigenvalue weighted by atomic mass is 10.1. The summed E-state index contributed by atoms with van der Waals surface area (Å²) in [6, 6.07) is 8.62. The largest absolute Gasteiger partial charge is 0.508 e. The molecule has 0 fully saturated rings. The first-order chi connectivity index (χ1) is 15.5. The smallest absolute Gasteiger partial charge is 0.348 e. The average molecular weight is 456 g/mol. The van der Waals surface area contributed by atoms with Crippen LogP contribution in [0.25, 0.3) is 11.6 Å². The molecule has 0 heterocycles. The summed E-state index contributed by atoms with van der Waals surface area (Å²) in [6.07, 6.45) is 0.441. The number of esters is 2. The molecule has 174 valence electrons. The van der Waals surface area contributed by atoms with Gasteiger partial charge in [0.2, 0.25) is 6.10 Å². The summed E-state index contributed by atoms with van der Waals surface area (Å²) in [4.78, 5) is 35.8. The number of benzene rings is 2. The number of aliphatic carboxylic acids is 1. The predicted octanol–water partition coefficient (Wildman–Crippen LogP) is 3.16. The number of carbonyl (C=O) groups is 3. The molecular formula is C24H24O9. The third-order valence-corrected chi connectivity index (χ3v) is 4.61. The van der Waals surface area contributed by atoms with Gasteiger partial charge in [0.05, 0.1) is 0 Å². The third-order valence-electron chi connectivity index (χ3n) is 4.61. The zero-order valence-electron chi connectivity index (χ0n) is 18.2. The number of carboxylic acid groups (broad SMARTS) is 1. The van der Waals surface area contributed by atoms with Crippen LogP contribution >= 0.6 is 0 Å². The van der Waals surface area contributed by atoms with Crippen molar-refractivity contribution in [1.82, 2.24) is 0 Å². The van der Waals surface area contributed by atoms with E-state index in [4.69, 9.17) is 9.47 Å². The van der Waals surface area contributed by atoms with Gasteiger partial charge in [-0.2, -0.15) is 0 Å². The Morgan fingerprint density at radius 3 is 2.18 bits per heavy atom. The molecule has 0 amide bonds. The van der Waals surface area contributed by atoms with Crippen LogP contribution in [0.4, 0.5) is 0 Å². The van der Waals surface area contributed by atoms with E-state index in [0.717, 1.165) is 12.2 Å². The molecule has 0 radical (unpaired) electrons. The predicted molar refractivity (Wildman–Crippen MR) is 118 cm³/mol. The van der Waals surface area contributed by atoms with Crippen molar-refractivity contribution in [3.05, 3.63) is 65.2 Å². The summed E-state index contributed by atoms with van der Waals surface area (Å²) in [5.74, 6) is -3.92. The molecule has 2 unspecified atom stereocenters. The van der Waals surface area contributed by atoms with Crippen LogP contribution in [0.3, 0.4) is 0 Å². The number of phenolic OH excluding ortho intramolecular Hbond substituents is 3. The van der Waals surface area contributed by atoms with Gasteiger partial charge in [0.1, 0.15) is 11.9 Å². The van der Waals surface area contributed by atoms with E-state index < -0.39 is 30.1 Å². The van der Waals surface area contributed by atoms with Gasteiger partial charge in [-0.25, -0.2) is 14.4 Å². The standard InChI is InChI=1S/C24H24O9/c1-13(17-6-8-19(26)20(27)12-17)11-22(29)32-15(3)23(24(30)31)33-21(28)9-5-16-4-7-18(25)14(2)10-16/h4-12,15,23,25-27H,1-3H3,(H,30,31)/b9-5+,13-11+. The number of rotatable bonds is 8. The van der Waals surface area contributed by atoms with Crippen molar-refractivity contribution < 1.29 is 44.3 Å². The lowest BCUT2D eigenvalue weighted by molar-refractivity contribution is -0.173. The second-order valence-electron chi connectivity index (χ2n) is 7.25. The fourth-order valence-corrected chi connectivity index (χ4v) is 2.77. The first kappa shape index (κ1) is 25.0. The maximum absolute atomic E-state index is 12.2. The number of aromatic hydroxyl groups is 3. The van der Waals surface area contributed by atoms with Crippen LogP contribution in [0.1, 0.15) is 30.5 Å². The van der Waals surface area contributed by atoms with Gasteiger partial charge < -0.3 is 29.9 Å². The molecule has 0 aliphatic carbocycles. The molecule has 2 aromatic carbocycles. The number of hydrogen-bond donors (Lipinski definition) is 4. The molecule has 0 bridgehead atoms. The summed E-state index contributed by atoms with van der Waals surface area (Å²) in [7, 11) is 0. The van der Waals surface area contributed by atoms with E-state index in [1.54, 1.807) is 26.0 Å². The van der Waals surface area contributed by atoms with Crippen molar-refractivity contribution in [2.24, 2.45) is 0 Å². The van der Waals surface area contributed by atoms with Crippen molar-refractivity contribution in [3.63, 3.8) is 0 Å². The molecule has 0 aromatic heterocycles. The Morgan fingerprint density at radius 2 is 1.58 bits per heavy atom. The van der Waals surface area contributed by atoms with Crippen molar-refractivity contribution in [2.75, 3.05) is 0 Å². The highest BCUT2D eigenvalue weighted by Crippen LogP contribution is 2.28. The maximum Gasteiger partial charge on any atom is 0.348 e. The number of allylic oxidation sites excluding steroid dienone is 1. The summed E-state index contributed by atoms with van der Waals surface area (Å²) in [5.41, 5.74) is 2.01. The average Bonchev–Trinajstić information content (AvgIpc) is 2.74. The van der Waals surface area contributed by atoms with Crippen molar-refractivity contribution in [3.8, 4) is 17.2 Å². The molecule has 0 saturated carbocycles. The first-order valence-corrected chi connectivity index (χ1v) is 9.80. The Kier molecular flexibility index (Phi) is 8.22. The van der Waals surface area contributed by atoms with Crippen molar-refractivity contribution >= 4 is 29.6 Å². The molecule has 2 rings (SSSR count). The Bertz CT molecular complexity index is 1110. The number of phenols is 3. The summed E-state index contributed by atoms with van der Waals surface area (Å²) >= 11 is 0. The SMILES string of the molecule is C/C(=C\C(=O)OC(C)C(OC(=O)/C=C/c1ccc(O)c(C)c1)C(=O)O)c1ccc(O)c(O)c1. The van der Waals surface area contributed by atoms with E-state index in [2.05, 4.69) is 0 Å². The fourth-order valence-electron chi connectivity index (χ4n) is 2.77. The third kappa shape index (κ3) is 7.13. The van der Waals surface area contributed by atoms with Crippen LogP contribution in [0, 0.1) is 6.92 Å². The Morgan fingerprint density at radius 1 is 0.909 bits per heavy atom. The Hall–Kier alpha value is -4.27.